The van der Waals surface area contributed by atoms with Gasteiger partial charge in [0.05, 0.1) is 5.92 Å². The highest BCUT2D eigenvalue weighted by atomic mass is 16.5. The number of rotatable bonds is 0. The molecule has 2 atom stereocenters. The fourth-order valence-electron chi connectivity index (χ4n) is 2.62. The molecule has 2 aliphatic rings. The summed E-state index contributed by atoms with van der Waals surface area (Å²) in [5, 5.41) is 0. The molecule has 3 nitrogen and oxygen atoms in total. The molecule has 1 fully saturated rings. The highest BCUT2D eigenvalue weighted by Crippen LogP contribution is 2.41. The van der Waals surface area contributed by atoms with Gasteiger partial charge in [0.1, 0.15) is 5.75 Å². The predicted octanol–water partition coefficient (Wildman–Crippen LogP) is 1.25. The summed E-state index contributed by atoms with van der Waals surface area (Å²) in [6.07, 6.45) is 0. The van der Waals surface area contributed by atoms with Gasteiger partial charge in [-0.3, -0.25) is 4.79 Å². The Morgan fingerprint density at radius 1 is 1.27 bits per heavy atom. The van der Waals surface area contributed by atoms with E-state index in [0.29, 0.717) is 5.92 Å². The topological polar surface area (TPSA) is 29.5 Å². The minimum Gasteiger partial charge on any atom is -0.426 e. The van der Waals surface area contributed by atoms with E-state index in [9.17, 15) is 4.79 Å². The smallest absolute Gasteiger partial charge is 0.316 e. The third-order valence-corrected chi connectivity index (χ3v) is 3.33. The maximum Gasteiger partial charge on any atom is 0.316 e. The predicted molar refractivity (Wildman–Crippen MR) is 55.8 cm³/mol. The van der Waals surface area contributed by atoms with Gasteiger partial charge in [0.15, 0.2) is 0 Å². The van der Waals surface area contributed by atoms with Crippen molar-refractivity contribution < 1.29 is 9.53 Å². The molecule has 0 aromatic heterocycles. The van der Waals surface area contributed by atoms with Crippen LogP contribution in [0.2, 0.25) is 0 Å². The van der Waals surface area contributed by atoms with Crippen molar-refractivity contribution in [3.63, 3.8) is 0 Å². The number of carbonyl (C=O) groups is 1. The third kappa shape index (κ3) is 1.27. The van der Waals surface area contributed by atoms with Gasteiger partial charge in [-0.2, -0.15) is 0 Å². The van der Waals surface area contributed by atoms with Crippen molar-refractivity contribution in [1.82, 2.24) is 4.90 Å². The number of hydrogen-bond donors (Lipinski definition) is 0. The SMILES string of the molecule is CN1C[C@@H]2c3ccccc3OC(=O)[C@@H]2C1. The lowest BCUT2D eigenvalue weighted by Crippen LogP contribution is -2.30. The summed E-state index contributed by atoms with van der Waals surface area (Å²) in [5.41, 5.74) is 1.19. The lowest BCUT2D eigenvalue weighted by atomic mass is 9.86. The van der Waals surface area contributed by atoms with Crippen LogP contribution >= 0.6 is 0 Å². The number of para-hydroxylation sites is 1. The van der Waals surface area contributed by atoms with Gasteiger partial charge in [-0.25, -0.2) is 0 Å². The average Bonchev–Trinajstić information content (AvgIpc) is 2.61. The number of hydrogen-bond acceptors (Lipinski definition) is 3. The molecule has 1 aromatic carbocycles. The van der Waals surface area contributed by atoms with Crippen molar-refractivity contribution in [1.29, 1.82) is 0 Å². The van der Waals surface area contributed by atoms with E-state index in [-0.39, 0.29) is 11.9 Å². The van der Waals surface area contributed by atoms with E-state index < -0.39 is 0 Å². The lowest BCUT2D eigenvalue weighted by molar-refractivity contribution is -0.140. The molecule has 2 heterocycles. The summed E-state index contributed by atoms with van der Waals surface area (Å²) in [6.45, 7) is 1.77. The number of ether oxygens (including phenoxy) is 1. The van der Waals surface area contributed by atoms with Crippen molar-refractivity contribution in [2.45, 2.75) is 5.92 Å². The van der Waals surface area contributed by atoms with E-state index in [4.69, 9.17) is 4.74 Å². The molecular formula is C12H13NO2. The second-order valence-corrected chi connectivity index (χ2v) is 4.39. The molecule has 0 N–H and O–H groups in total. The normalized spacial score (nSPS) is 29.5. The molecule has 78 valence electrons. The van der Waals surface area contributed by atoms with Crippen LogP contribution in [0.4, 0.5) is 0 Å². The molecule has 15 heavy (non-hydrogen) atoms. The van der Waals surface area contributed by atoms with Crippen LogP contribution < -0.4 is 4.74 Å². The number of nitrogens with zero attached hydrogens (tertiary/aromatic N) is 1. The number of fused-ring (bicyclic) bond motifs is 3. The largest absolute Gasteiger partial charge is 0.426 e. The zero-order valence-corrected chi connectivity index (χ0v) is 8.64. The fourth-order valence-corrected chi connectivity index (χ4v) is 2.62. The van der Waals surface area contributed by atoms with Crippen LogP contribution in [0.3, 0.4) is 0 Å². The minimum atomic E-state index is -0.0666. The van der Waals surface area contributed by atoms with Crippen molar-refractivity contribution in [2.75, 3.05) is 20.1 Å². The number of carbonyl (C=O) groups excluding carboxylic acids is 1. The quantitative estimate of drug-likeness (QED) is 0.469. The third-order valence-electron chi connectivity index (χ3n) is 3.33. The Morgan fingerprint density at radius 3 is 2.87 bits per heavy atom. The Labute approximate surface area is 88.6 Å². The lowest BCUT2D eigenvalue weighted by Gasteiger charge is -2.25. The maximum atomic E-state index is 11.7. The van der Waals surface area contributed by atoms with Gasteiger partial charge in [0, 0.05) is 24.6 Å². The molecule has 0 unspecified atom stereocenters. The van der Waals surface area contributed by atoms with Gasteiger partial charge in [-0.15, -0.1) is 0 Å². The van der Waals surface area contributed by atoms with E-state index >= 15 is 0 Å². The first kappa shape index (κ1) is 8.92. The van der Waals surface area contributed by atoms with E-state index in [1.54, 1.807) is 0 Å². The Bertz CT molecular complexity index is 416. The van der Waals surface area contributed by atoms with Crippen LogP contribution in [-0.2, 0) is 4.79 Å². The van der Waals surface area contributed by atoms with Crippen LogP contribution in [0.5, 0.6) is 5.75 Å². The fraction of sp³-hybridized carbons (Fsp3) is 0.417. The number of esters is 1. The molecule has 0 radical (unpaired) electrons. The molecule has 0 spiro atoms. The molecule has 0 saturated carbocycles. The monoisotopic (exact) mass is 203 g/mol. The Hall–Kier alpha value is -1.35. The molecule has 3 rings (SSSR count). The summed E-state index contributed by atoms with van der Waals surface area (Å²) < 4.78 is 5.33. The standard InChI is InChI=1S/C12H13NO2/c1-13-6-9-8-4-2-3-5-11(8)15-12(14)10(9)7-13/h2-5,9-10H,6-7H2,1H3/t9-,10-/m1/s1. The van der Waals surface area contributed by atoms with Gasteiger partial charge in [0.2, 0.25) is 0 Å². The molecule has 0 bridgehead atoms. The highest BCUT2D eigenvalue weighted by Gasteiger charge is 2.42. The first-order valence-corrected chi connectivity index (χ1v) is 5.25. The maximum absolute atomic E-state index is 11.7. The van der Waals surface area contributed by atoms with Gasteiger partial charge < -0.3 is 9.64 Å². The number of likely N-dealkylation sites (N-methyl/N-ethyl adjacent to an activating group) is 1. The highest BCUT2D eigenvalue weighted by molar-refractivity contribution is 5.80. The number of likely N-dealkylation sites (tertiary alicyclic amines) is 1. The van der Waals surface area contributed by atoms with E-state index in [1.807, 2.05) is 25.2 Å². The molecule has 1 saturated heterocycles. The summed E-state index contributed by atoms with van der Waals surface area (Å²) in [7, 11) is 2.05. The number of benzene rings is 1. The molecule has 1 aromatic rings. The van der Waals surface area contributed by atoms with Gasteiger partial charge in [0.25, 0.3) is 0 Å². The molecule has 0 aliphatic carbocycles. The average molecular weight is 203 g/mol. The minimum absolute atomic E-state index is 0.0323. The van der Waals surface area contributed by atoms with Crippen LogP contribution in [0, 0.1) is 5.92 Å². The molecule has 0 amide bonds. The zero-order chi connectivity index (χ0) is 10.4. The Kier molecular flexibility index (Phi) is 1.83. The first-order chi connectivity index (χ1) is 7.25. The zero-order valence-electron chi connectivity index (χ0n) is 8.64. The second-order valence-electron chi connectivity index (χ2n) is 4.39. The van der Waals surface area contributed by atoms with Gasteiger partial charge >= 0.3 is 5.97 Å². The van der Waals surface area contributed by atoms with E-state index in [2.05, 4.69) is 11.0 Å². The van der Waals surface area contributed by atoms with Crippen molar-refractivity contribution in [3.05, 3.63) is 29.8 Å². The summed E-state index contributed by atoms with van der Waals surface area (Å²) in [6, 6.07) is 7.86. The second kappa shape index (κ2) is 3.07. The van der Waals surface area contributed by atoms with Crippen LogP contribution in [0.25, 0.3) is 0 Å². The molecular weight excluding hydrogens is 190 g/mol. The summed E-state index contributed by atoms with van der Waals surface area (Å²) >= 11 is 0. The van der Waals surface area contributed by atoms with Crippen LogP contribution in [0.15, 0.2) is 24.3 Å². The molecule has 2 aliphatic heterocycles. The van der Waals surface area contributed by atoms with Gasteiger partial charge in [-0.1, -0.05) is 18.2 Å². The van der Waals surface area contributed by atoms with E-state index in [0.717, 1.165) is 18.8 Å². The Balaban J connectivity index is 2.08. The van der Waals surface area contributed by atoms with E-state index in [1.165, 1.54) is 5.56 Å². The van der Waals surface area contributed by atoms with Crippen molar-refractivity contribution in [2.24, 2.45) is 5.92 Å². The molecule has 3 heteroatoms. The van der Waals surface area contributed by atoms with Crippen LogP contribution in [0.1, 0.15) is 11.5 Å². The summed E-state index contributed by atoms with van der Waals surface area (Å²) in [5.74, 6) is 1.04. The van der Waals surface area contributed by atoms with Crippen molar-refractivity contribution in [3.8, 4) is 5.75 Å². The summed E-state index contributed by atoms with van der Waals surface area (Å²) in [4.78, 5) is 13.9. The van der Waals surface area contributed by atoms with Crippen molar-refractivity contribution >= 4 is 5.97 Å². The Morgan fingerprint density at radius 2 is 2.00 bits per heavy atom. The van der Waals surface area contributed by atoms with Gasteiger partial charge in [-0.05, 0) is 13.1 Å². The van der Waals surface area contributed by atoms with Crippen LogP contribution in [-0.4, -0.2) is 31.0 Å². The first-order valence-electron chi connectivity index (χ1n) is 5.25.